The molecule has 1 amide bonds. The van der Waals surface area contributed by atoms with Crippen molar-refractivity contribution in [3.63, 3.8) is 0 Å². The van der Waals surface area contributed by atoms with Crippen molar-refractivity contribution in [3.8, 4) is 0 Å². The van der Waals surface area contributed by atoms with Gasteiger partial charge in [-0.25, -0.2) is 0 Å². The summed E-state index contributed by atoms with van der Waals surface area (Å²) in [6.45, 7) is 4.99. The summed E-state index contributed by atoms with van der Waals surface area (Å²) in [6, 6.07) is 6.25. The van der Waals surface area contributed by atoms with Crippen molar-refractivity contribution < 1.29 is 9.90 Å². The number of thiophene rings is 1. The van der Waals surface area contributed by atoms with Gasteiger partial charge in [-0.3, -0.25) is 4.79 Å². The standard InChI is InChI=1S/C18H24N2O2S/c1-12-10-16(13(2)20(12)11-15-4-3-9-23-15)18(22)19-17(7-8-21)14-5-6-14/h3-4,9-10,14,17,21H,5-8,11H2,1-2H3,(H,19,22). The number of carbonyl (C=O) groups excluding carboxylic acids is 1. The molecule has 0 radical (unpaired) electrons. The number of carbonyl (C=O) groups is 1. The maximum atomic E-state index is 12.6. The Morgan fingerprint density at radius 2 is 2.26 bits per heavy atom. The minimum absolute atomic E-state index is 0.0131. The first-order valence-electron chi connectivity index (χ1n) is 8.21. The molecule has 3 rings (SSSR count). The van der Waals surface area contributed by atoms with E-state index in [-0.39, 0.29) is 18.6 Å². The van der Waals surface area contributed by atoms with E-state index in [9.17, 15) is 9.90 Å². The van der Waals surface area contributed by atoms with Crippen LogP contribution in [0.3, 0.4) is 0 Å². The molecule has 1 aliphatic rings. The summed E-state index contributed by atoms with van der Waals surface area (Å²) in [7, 11) is 0. The molecule has 2 heterocycles. The summed E-state index contributed by atoms with van der Waals surface area (Å²) < 4.78 is 2.19. The third-order valence-corrected chi connectivity index (χ3v) is 5.52. The zero-order valence-corrected chi connectivity index (χ0v) is 14.5. The van der Waals surface area contributed by atoms with E-state index in [1.54, 1.807) is 11.3 Å². The van der Waals surface area contributed by atoms with E-state index in [4.69, 9.17) is 0 Å². The Morgan fingerprint density at radius 1 is 1.48 bits per heavy atom. The Hall–Kier alpha value is -1.59. The maximum Gasteiger partial charge on any atom is 0.253 e. The van der Waals surface area contributed by atoms with E-state index in [1.165, 1.54) is 4.88 Å². The van der Waals surface area contributed by atoms with Gasteiger partial charge in [-0.05, 0) is 56.5 Å². The van der Waals surface area contributed by atoms with Crippen LogP contribution in [0.15, 0.2) is 23.6 Å². The number of aryl methyl sites for hydroxylation is 1. The number of aliphatic hydroxyl groups is 1. The number of amides is 1. The van der Waals surface area contributed by atoms with Crippen molar-refractivity contribution >= 4 is 17.2 Å². The summed E-state index contributed by atoms with van der Waals surface area (Å²) in [5.41, 5.74) is 2.86. The zero-order chi connectivity index (χ0) is 16.4. The largest absolute Gasteiger partial charge is 0.396 e. The molecule has 2 aromatic rings. The number of aromatic nitrogens is 1. The van der Waals surface area contributed by atoms with E-state index in [1.807, 2.05) is 19.9 Å². The number of nitrogens with one attached hydrogen (secondary N) is 1. The molecule has 2 N–H and O–H groups in total. The molecular weight excluding hydrogens is 308 g/mol. The van der Waals surface area contributed by atoms with Gasteiger partial charge in [-0.2, -0.15) is 0 Å². The number of nitrogens with zero attached hydrogens (tertiary/aromatic N) is 1. The molecule has 0 bridgehead atoms. The molecule has 0 spiro atoms. The Balaban J connectivity index is 1.75. The van der Waals surface area contributed by atoms with Gasteiger partial charge in [0, 0.05) is 28.9 Å². The Labute approximate surface area is 141 Å². The molecule has 1 fully saturated rings. The van der Waals surface area contributed by atoms with Gasteiger partial charge >= 0.3 is 0 Å². The normalized spacial score (nSPS) is 15.6. The van der Waals surface area contributed by atoms with Gasteiger partial charge in [-0.15, -0.1) is 11.3 Å². The number of hydrogen-bond acceptors (Lipinski definition) is 3. The summed E-state index contributed by atoms with van der Waals surface area (Å²) in [5, 5.41) is 14.4. The van der Waals surface area contributed by atoms with Crippen molar-refractivity contribution in [2.75, 3.05) is 6.61 Å². The molecule has 124 valence electrons. The summed E-state index contributed by atoms with van der Waals surface area (Å²) in [6.07, 6.45) is 2.95. The molecule has 0 saturated heterocycles. The summed E-state index contributed by atoms with van der Waals surface area (Å²) >= 11 is 1.73. The second-order valence-electron chi connectivity index (χ2n) is 6.38. The van der Waals surface area contributed by atoms with Crippen LogP contribution in [0.5, 0.6) is 0 Å². The van der Waals surface area contributed by atoms with Gasteiger partial charge in [0.25, 0.3) is 5.91 Å². The highest BCUT2D eigenvalue weighted by atomic mass is 32.1. The molecule has 23 heavy (non-hydrogen) atoms. The smallest absolute Gasteiger partial charge is 0.253 e. The molecule has 1 saturated carbocycles. The highest BCUT2D eigenvalue weighted by Gasteiger charge is 2.32. The van der Waals surface area contributed by atoms with Crippen LogP contribution in [0.4, 0.5) is 0 Å². The molecule has 1 atom stereocenters. The molecule has 4 nitrogen and oxygen atoms in total. The number of hydrogen-bond donors (Lipinski definition) is 2. The monoisotopic (exact) mass is 332 g/mol. The van der Waals surface area contributed by atoms with Gasteiger partial charge in [0.1, 0.15) is 0 Å². The van der Waals surface area contributed by atoms with Crippen molar-refractivity contribution in [2.24, 2.45) is 5.92 Å². The topological polar surface area (TPSA) is 54.3 Å². The van der Waals surface area contributed by atoms with Gasteiger partial charge < -0.3 is 15.0 Å². The lowest BCUT2D eigenvalue weighted by atomic mass is 10.1. The van der Waals surface area contributed by atoms with E-state index in [2.05, 4.69) is 27.4 Å². The average Bonchev–Trinajstić information content (AvgIpc) is 3.18. The Bertz CT molecular complexity index is 672. The van der Waals surface area contributed by atoms with Crippen LogP contribution in [-0.2, 0) is 6.54 Å². The fourth-order valence-electron chi connectivity index (χ4n) is 3.14. The fourth-order valence-corrected chi connectivity index (χ4v) is 3.83. The van der Waals surface area contributed by atoms with E-state index >= 15 is 0 Å². The minimum Gasteiger partial charge on any atom is -0.396 e. The third kappa shape index (κ3) is 3.67. The molecule has 5 heteroatoms. The first kappa shape index (κ1) is 16.3. The number of rotatable bonds is 7. The lowest BCUT2D eigenvalue weighted by molar-refractivity contribution is 0.0923. The second-order valence-corrected chi connectivity index (χ2v) is 7.41. The van der Waals surface area contributed by atoms with Crippen LogP contribution < -0.4 is 5.32 Å². The van der Waals surface area contributed by atoms with Crippen molar-refractivity contribution in [2.45, 2.75) is 45.7 Å². The van der Waals surface area contributed by atoms with Crippen LogP contribution in [0.2, 0.25) is 0 Å². The molecule has 0 aliphatic heterocycles. The Kier molecular flexibility index (Phi) is 4.87. The Morgan fingerprint density at radius 3 is 2.87 bits per heavy atom. The lowest BCUT2D eigenvalue weighted by Gasteiger charge is -2.17. The van der Waals surface area contributed by atoms with Crippen LogP contribution in [0.1, 0.15) is 45.9 Å². The fraction of sp³-hybridized carbons (Fsp3) is 0.500. The van der Waals surface area contributed by atoms with E-state index < -0.39 is 0 Å². The quantitative estimate of drug-likeness (QED) is 0.818. The van der Waals surface area contributed by atoms with Gasteiger partial charge in [0.05, 0.1) is 12.1 Å². The number of aliphatic hydroxyl groups excluding tert-OH is 1. The van der Waals surface area contributed by atoms with Crippen molar-refractivity contribution in [1.29, 1.82) is 0 Å². The van der Waals surface area contributed by atoms with Gasteiger partial charge in [0.15, 0.2) is 0 Å². The van der Waals surface area contributed by atoms with Crippen LogP contribution in [0, 0.1) is 19.8 Å². The molecule has 1 unspecified atom stereocenters. The zero-order valence-electron chi connectivity index (χ0n) is 13.7. The molecule has 1 aliphatic carbocycles. The second kappa shape index (κ2) is 6.89. The van der Waals surface area contributed by atoms with Crippen LogP contribution in [0.25, 0.3) is 0 Å². The first-order valence-corrected chi connectivity index (χ1v) is 9.09. The van der Waals surface area contributed by atoms with Gasteiger partial charge in [-0.1, -0.05) is 6.07 Å². The van der Waals surface area contributed by atoms with E-state index in [0.29, 0.717) is 12.3 Å². The maximum absolute atomic E-state index is 12.6. The van der Waals surface area contributed by atoms with Crippen molar-refractivity contribution in [3.05, 3.63) is 45.4 Å². The van der Waals surface area contributed by atoms with Crippen LogP contribution in [-0.4, -0.2) is 28.2 Å². The molecule has 0 aromatic carbocycles. The highest BCUT2D eigenvalue weighted by molar-refractivity contribution is 7.09. The average molecular weight is 332 g/mol. The summed E-state index contributed by atoms with van der Waals surface area (Å²) in [5.74, 6) is 0.529. The minimum atomic E-state index is -0.0131. The van der Waals surface area contributed by atoms with Crippen LogP contribution >= 0.6 is 11.3 Å². The van der Waals surface area contributed by atoms with E-state index in [0.717, 1.165) is 36.3 Å². The van der Waals surface area contributed by atoms with Gasteiger partial charge in [0.2, 0.25) is 0 Å². The molecular formula is C18H24N2O2S. The summed E-state index contributed by atoms with van der Waals surface area (Å²) in [4.78, 5) is 13.9. The predicted molar refractivity (Wildman–Crippen MR) is 93.0 cm³/mol. The predicted octanol–water partition coefficient (Wildman–Crippen LogP) is 3.11. The first-order chi connectivity index (χ1) is 11.1. The third-order valence-electron chi connectivity index (χ3n) is 4.66. The van der Waals surface area contributed by atoms with Crippen molar-refractivity contribution in [1.82, 2.24) is 9.88 Å². The molecule has 2 aromatic heterocycles. The lowest BCUT2D eigenvalue weighted by Crippen LogP contribution is -2.37. The highest BCUT2D eigenvalue weighted by Crippen LogP contribution is 2.34. The SMILES string of the molecule is Cc1cc(C(=O)NC(CCO)C2CC2)c(C)n1Cc1cccs1.